The molecular formula is C16H22N2O4. The minimum atomic E-state index is -0.674. The molecule has 0 aliphatic heterocycles. The number of amides is 2. The third kappa shape index (κ3) is 5.55. The van der Waals surface area contributed by atoms with Gasteiger partial charge in [-0.05, 0) is 36.6 Å². The molecule has 2 amide bonds. The predicted molar refractivity (Wildman–Crippen MR) is 83.5 cm³/mol. The van der Waals surface area contributed by atoms with Gasteiger partial charge in [-0.25, -0.2) is 4.79 Å². The highest BCUT2D eigenvalue weighted by atomic mass is 16.5. The Morgan fingerprint density at radius 3 is 2.18 bits per heavy atom. The summed E-state index contributed by atoms with van der Waals surface area (Å²) in [4.78, 5) is 34.8. The molecule has 0 radical (unpaired) electrons. The lowest BCUT2D eigenvalue weighted by molar-refractivity contribution is -0.143. The van der Waals surface area contributed by atoms with Crippen LogP contribution in [0.5, 0.6) is 0 Å². The molecular weight excluding hydrogens is 284 g/mol. The molecule has 0 fully saturated rings. The maximum atomic E-state index is 12.2. The summed E-state index contributed by atoms with van der Waals surface area (Å²) in [5.74, 6) is -0.756. The van der Waals surface area contributed by atoms with E-state index < -0.39 is 12.0 Å². The molecule has 0 saturated heterocycles. The molecule has 0 unspecified atom stereocenters. The van der Waals surface area contributed by atoms with Crippen LogP contribution in [0.25, 0.3) is 0 Å². The van der Waals surface area contributed by atoms with Crippen LogP contribution in [0.4, 0.5) is 5.69 Å². The molecule has 0 spiro atoms. The largest absolute Gasteiger partial charge is 0.467 e. The van der Waals surface area contributed by atoms with E-state index in [9.17, 15) is 14.4 Å². The number of methoxy groups -OCH3 is 1. The van der Waals surface area contributed by atoms with Gasteiger partial charge >= 0.3 is 5.97 Å². The van der Waals surface area contributed by atoms with E-state index in [1.807, 2.05) is 13.8 Å². The molecule has 2 N–H and O–H groups in total. The third-order valence-electron chi connectivity index (χ3n) is 2.97. The van der Waals surface area contributed by atoms with Crippen LogP contribution in [0.1, 0.15) is 37.6 Å². The summed E-state index contributed by atoms with van der Waals surface area (Å²) in [6.07, 6.45) is 0.502. The minimum Gasteiger partial charge on any atom is -0.467 e. The second kappa shape index (κ2) is 8.17. The van der Waals surface area contributed by atoms with Crippen LogP contribution in [0.15, 0.2) is 24.3 Å². The van der Waals surface area contributed by atoms with E-state index >= 15 is 0 Å². The van der Waals surface area contributed by atoms with Crippen molar-refractivity contribution in [1.29, 1.82) is 0 Å². The van der Waals surface area contributed by atoms with Crippen LogP contribution >= 0.6 is 0 Å². The Kier molecular flexibility index (Phi) is 6.56. The first-order valence-electron chi connectivity index (χ1n) is 7.09. The monoisotopic (exact) mass is 306 g/mol. The molecule has 1 rings (SSSR count). The summed E-state index contributed by atoms with van der Waals surface area (Å²) in [5, 5.41) is 5.30. The number of hydrogen-bond donors (Lipinski definition) is 2. The summed E-state index contributed by atoms with van der Waals surface area (Å²) >= 11 is 0. The van der Waals surface area contributed by atoms with Gasteiger partial charge in [-0.2, -0.15) is 0 Å². The number of esters is 1. The smallest absolute Gasteiger partial charge is 0.328 e. The SMILES string of the molecule is COC(=O)[C@H](CC(C)C)NC(=O)c1ccc(NC(C)=O)cc1. The van der Waals surface area contributed by atoms with Gasteiger partial charge in [0.2, 0.25) is 5.91 Å². The molecule has 0 heterocycles. The van der Waals surface area contributed by atoms with E-state index in [-0.39, 0.29) is 17.7 Å². The first-order valence-corrected chi connectivity index (χ1v) is 7.09. The molecule has 6 heteroatoms. The summed E-state index contributed by atoms with van der Waals surface area (Å²) < 4.78 is 4.71. The predicted octanol–water partition coefficient (Wildman–Crippen LogP) is 1.96. The molecule has 1 aromatic carbocycles. The van der Waals surface area contributed by atoms with Crippen molar-refractivity contribution in [3.63, 3.8) is 0 Å². The average Bonchev–Trinajstić information content (AvgIpc) is 2.45. The maximum absolute atomic E-state index is 12.2. The van der Waals surface area contributed by atoms with Crippen LogP contribution in [0.2, 0.25) is 0 Å². The minimum absolute atomic E-state index is 0.181. The molecule has 1 aromatic rings. The van der Waals surface area contributed by atoms with Gasteiger partial charge in [-0.3, -0.25) is 9.59 Å². The van der Waals surface area contributed by atoms with Crippen LogP contribution < -0.4 is 10.6 Å². The maximum Gasteiger partial charge on any atom is 0.328 e. The van der Waals surface area contributed by atoms with Gasteiger partial charge in [-0.15, -0.1) is 0 Å². The van der Waals surface area contributed by atoms with Crippen LogP contribution in [-0.2, 0) is 14.3 Å². The molecule has 0 saturated carbocycles. The second-order valence-electron chi connectivity index (χ2n) is 5.44. The Morgan fingerprint density at radius 2 is 1.73 bits per heavy atom. The van der Waals surface area contributed by atoms with Crippen molar-refractivity contribution in [2.45, 2.75) is 33.2 Å². The number of carbonyl (C=O) groups excluding carboxylic acids is 3. The number of ether oxygens (including phenoxy) is 1. The molecule has 0 bridgehead atoms. The highest BCUT2D eigenvalue weighted by Gasteiger charge is 2.23. The Balaban J connectivity index is 2.76. The van der Waals surface area contributed by atoms with Gasteiger partial charge in [0, 0.05) is 18.2 Å². The van der Waals surface area contributed by atoms with Crippen molar-refractivity contribution in [1.82, 2.24) is 5.32 Å². The van der Waals surface area contributed by atoms with Crippen molar-refractivity contribution >= 4 is 23.5 Å². The van der Waals surface area contributed by atoms with Gasteiger partial charge in [0.25, 0.3) is 5.91 Å². The first kappa shape index (κ1) is 17.7. The average molecular weight is 306 g/mol. The van der Waals surface area contributed by atoms with Crippen LogP contribution in [0, 0.1) is 5.92 Å². The quantitative estimate of drug-likeness (QED) is 0.787. The summed E-state index contributed by atoms with van der Waals surface area (Å²) in [6.45, 7) is 5.34. The zero-order valence-corrected chi connectivity index (χ0v) is 13.3. The van der Waals surface area contributed by atoms with Gasteiger partial charge in [0.15, 0.2) is 0 Å². The van der Waals surface area contributed by atoms with Crippen molar-refractivity contribution in [3.05, 3.63) is 29.8 Å². The highest BCUT2D eigenvalue weighted by molar-refractivity contribution is 5.97. The normalized spacial score (nSPS) is 11.7. The molecule has 0 aromatic heterocycles. The number of anilines is 1. The number of hydrogen-bond acceptors (Lipinski definition) is 4. The number of benzene rings is 1. The number of carbonyl (C=O) groups is 3. The fraction of sp³-hybridized carbons (Fsp3) is 0.438. The van der Waals surface area contributed by atoms with Crippen molar-refractivity contribution < 1.29 is 19.1 Å². The van der Waals surface area contributed by atoms with Gasteiger partial charge in [-0.1, -0.05) is 13.8 Å². The topological polar surface area (TPSA) is 84.5 Å². The summed E-state index contributed by atoms with van der Waals surface area (Å²) in [5.41, 5.74) is 1.02. The first-order chi connectivity index (χ1) is 10.3. The van der Waals surface area contributed by atoms with Crippen molar-refractivity contribution in [2.24, 2.45) is 5.92 Å². The van der Waals surface area contributed by atoms with E-state index in [0.29, 0.717) is 17.7 Å². The van der Waals surface area contributed by atoms with E-state index in [2.05, 4.69) is 10.6 Å². The van der Waals surface area contributed by atoms with Gasteiger partial charge in [0.05, 0.1) is 7.11 Å². The Morgan fingerprint density at radius 1 is 1.14 bits per heavy atom. The summed E-state index contributed by atoms with van der Waals surface area (Å²) in [6, 6.07) is 5.76. The molecule has 0 aliphatic rings. The Labute approximate surface area is 130 Å². The lowest BCUT2D eigenvalue weighted by atomic mass is 10.0. The molecule has 22 heavy (non-hydrogen) atoms. The fourth-order valence-corrected chi connectivity index (χ4v) is 1.98. The highest BCUT2D eigenvalue weighted by Crippen LogP contribution is 2.11. The van der Waals surface area contributed by atoms with E-state index in [1.165, 1.54) is 14.0 Å². The van der Waals surface area contributed by atoms with E-state index in [1.54, 1.807) is 24.3 Å². The Bertz CT molecular complexity index is 538. The molecule has 0 aliphatic carbocycles. The van der Waals surface area contributed by atoms with Gasteiger partial charge in [0.1, 0.15) is 6.04 Å². The lowest BCUT2D eigenvalue weighted by Gasteiger charge is -2.18. The van der Waals surface area contributed by atoms with Crippen molar-refractivity contribution in [3.8, 4) is 0 Å². The van der Waals surface area contributed by atoms with E-state index in [0.717, 1.165) is 0 Å². The third-order valence-corrected chi connectivity index (χ3v) is 2.97. The summed E-state index contributed by atoms with van der Waals surface area (Å²) in [7, 11) is 1.30. The number of rotatable bonds is 6. The zero-order chi connectivity index (χ0) is 16.7. The van der Waals surface area contributed by atoms with E-state index in [4.69, 9.17) is 4.74 Å². The van der Waals surface area contributed by atoms with Gasteiger partial charge < -0.3 is 15.4 Å². The molecule has 6 nitrogen and oxygen atoms in total. The molecule has 120 valence electrons. The number of nitrogens with one attached hydrogen (secondary N) is 2. The van der Waals surface area contributed by atoms with Crippen molar-refractivity contribution in [2.75, 3.05) is 12.4 Å². The van der Waals surface area contributed by atoms with Crippen LogP contribution in [-0.4, -0.2) is 30.9 Å². The zero-order valence-electron chi connectivity index (χ0n) is 13.3. The second-order valence-corrected chi connectivity index (χ2v) is 5.44. The fourth-order valence-electron chi connectivity index (χ4n) is 1.98. The standard InChI is InChI=1S/C16H22N2O4/c1-10(2)9-14(16(21)22-4)18-15(20)12-5-7-13(8-6-12)17-11(3)19/h5-8,10,14H,9H2,1-4H3,(H,17,19)(H,18,20)/t14-/m0/s1. The Hall–Kier alpha value is -2.37. The molecule has 1 atom stereocenters. The lowest BCUT2D eigenvalue weighted by Crippen LogP contribution is -2.42. The van der Waals surface area contributed by atoms with Crippen LogP contribution in [0.3, 0.4) is 0 Å².